The van der Waals surface area contributed by atoms with Crippen LogP contribution < -0.4 is 4.74 Å². The van der Waals surface area contributed by atoms with Gasteiger partial charge in [-0.1, -0.05) is 18.2 Å². The van der Waals surface area contributed by atoms with Crippen molar-refractivity contribution in [2.75, 3.05) is 6.54 Å². The Morgan fingerprint density at radius 2 is 1.86 bits per heavy atom. The molecule has 0 fully saturated rings. The number of carbonyl (C=O) groups excluding carboxylic acids is 1. The van der Waals surface area contributed by atoms with E-state index in [-0.39, 0.29) is 18.1 Å². The van der Waals surface area contributed by atoms with Gasteiger partial charge in [-0.3, -0.25) is 4.90 Å². The maximum Gasteiger partial charge on any atom is 0.415 e. The zero-order chi connectivity index (χ0) is 15.3. The van der Waals surface area contributed by atoms with Crippen LogP contribution in [0.3, 0.4) is 0 Å². The topological polar surface area (TPSA) is 42.7 Å². The zero-order valence-corrected chi connectivity index (χ0v) is 10.8. The summed E-state index contributed by atoms with van der Waals surface area (Å²) in [6.45, 7) is -1.74. The molecule has 4 nitrogen and oxygen atoms in total. The quantitative estimate of drug-likeness (QED) is 0.861. The Labute approximate surface area is 118 Å². The van der Waals surface area contributed by atoms with Crippen molar-refractivity contribution in [3.63, 3.8) is 0 Å². The van der Waals surface area contributed by atoms with Crippen LogP contribution in [0.15, 0.2) is 53.1 Å². The van der Waals surface area contributed by atoms with Gasteiger partial charge in [-0.2, -0.15) is 13.2 Å². The van der Waals surface area contributed by atoms with Crippen molar-refractivity contribution >= 4 is 6.09 Å². The number of carbonyl (C=O) groups is 1. The summed E-state index contributed by atoms with van der Waals surface area (Å²) in [5.74, 6) is 0.415. The summed E-state index contributed by atoms with van der Waals surface area (Å²) in [6, 6.07) is 10.9. The van der Waals surface area contributed by atoms with Gasteiger partial charge in [0.25, 0.3) is 0 Å². The molecule has 2 aromatic rings. The number of amides is 1. The Balaban J connectivity index is 2.08. The van der Waals surface area contributed by atoms with Crippen LogP contribution in [-0.2, 0) is 6.54 Å². The first kappa shape index (κ1) is 15.0. The minimum atomic E-state index is -4.53. The van der Waals surface area contributed by atoms with Gasteiger partial charge in [0, 0.05) is 0 Å². The molecule has 1 heterocycles. The highest BCUT2D eigenvalue weighted by Gasteiger charge is 2.34. The van der Waals surface area contributed by atoms with Crippen LogP contribution >= 0.6 is 0 Å². The van der Waals surface area contributed by atoms with Crippen LogP contribution in [0.25, 0.3) is 0 Å². The predicted octanol–water partition coefficient (Wildman–Crippen LogP) is 3.84. The maximum absolute atomic E-state index is 12.6. The number of benzene rings is 1. The predicted molar refractivity (Wildman–Crippen MR) is 67.6 cm³/mol. The number of hydrogen-bond donors (Lipinski definition) is 0. The average Bonchev–Trinajstić information content (AvgIpc) is 2.90. The third kappa shape index (κ3) is 4.87. The SMILES string of the molecule is O=C(Oc1ccccc1)N(Cc1ccco1)CC(F)(F)F. The molecule has 0 bridgehead atoms. The fraction of sp³-hybridized carbons (Fsp3) is 0.214. The van der Waals surface area contributed by atoms with E-state index in [1.165, 1.54) is 30.5 Å². The summed E-state index contributed by atoms with van der Waals surface area (Å²) in [5.41, 5.74) is 0. The Morgan fingerprint density at radius 3 is 2.43 bits per heavy atom. The Hall–Kier alpha value is -2.44. The van der Waals surface area contributed by atoms with E-state index in [1.807, 2.05) is 0 Å². The van der Waals surface area contributed by atoms with Crippen molar-refractivity contribution in [3.05, 3.63) is 54.5 Å². The molecule has 1 aromatic carbocycles. The summed E-state index contributed by atoms with van der Waals surface area (Å²) in [6.07, 6.45) is -4.29. The standard InChI is InChI=1S/C14H12F3NO3/c15-14(16,17)10-18(9-12-7-4-8-20-12)13(19)21-11-5-2-1-3-6-11/h1-8H,9-10H2. The lowest BCUT2D eigenvalue weighted by atomic mass is 10.3. The van der Waals surface area contributed by atoms with Crippen molar-refractivity contribution < 1.29 is 27.1 Å². The molecular formula is C14H12F3NO3. The third-order valence-electron chi connectivity index (χ3n) is 2.50. The van der Waals surface area contributed by atoms with Crippen molar-refractivity contribution in [2.45, 2.75) is 12.7 Å². The second kappa shape index (κ2) is 6.34. The van der Waals surface area contributed by atoms with E-state index >= 15 is 0 Å². The largest absolute Gasteiger partial charge is 0.467 e. The van der Waals surface area contributed by atoms with E-state index in [4.69, 9.17) is 9.15 Å². The van der Waals surface area contributed by atoms with Crippen molar-refractivity contribution in [1.82, 2.24) is 4.90 Å². The number of alkyl halides is 3. The molecule has 1 amide bonds. The van der Waals surface area contributed by atoms with Crippen LogP contribution in [0, 0.1) is 0 Å². The minimum absolute atomic E-state index is 0.175. The van der Waals surface area contributed by atoms with Crippen LogP contribution in [0.5, 0.6) is 5.75 Å². The molecule has 7 heteroatoms. The molecule has 0 aliphatic carbocycles. The normalized spacial score (nSPS) is 11.2. The Bertz CT molecular complexity index is 567. The zero-order valence-electron chi connectivity index (χ0n) is 10.8. The van der Waals surface area contributed by atoms with Crippen molar-refractivity contribution in [3.8, 4) is 5.75 Å². The van der Waals surface area contributed by atoms with Gasteiger partial charge in [-0.15, -0.1) is 0 Å². The second-order valence-electron chi connectivity index (χ2n) is 4.23. The van der Waals surface area contributed by atoms with E-state index in [9.17, 15) is 18.0 Å². The Kier molecular flexibility index (Phi) is 4.52. The number of rotatable bonds is 4. The molecule has 112 valence electrons. The molecule has 1 aromatic heterocycles. The summed E-state index contributed by atoms with van der Waals surface area (Å²) in [5, 5.41) is 0. The molecule has 0 aliphatic heterocycles. The molecule has 0 unspecified atom stereocenters. The number of ether oxygens (including phenoxy) is 1. The average molecular weight is 299 g/mol. The lowest BCUT2D eigenvalue weighted by molar-refractivity contribution is -0.142. The fourth-order valence-electron chi connectivity index (χ4n) is 1.65. The van der Waals surface area contributed by atoms with Gasteiger partial charge >= 0.3 is 12.3 Å². The molecule has 0 spiro atoms. The maximum atomic E-state index is 12.6. The summed E-state index contributed by atoms with van der Waals surface area (Å²) in [7, 11) is 0. The van der Waals surface area contributed by atoms with Crippen LogP contribution in [0.4, 0.5) is 18.0 Å². The lowest BCUT2D eigenvalue weighted by Crippen LogP contribution is -2.40. The van der Waals surface area contributed by atoms with E-state index in [0.717, 1.165) is 0 Å². The van der Waals surface area contributed by atoms with Crippen molar-refractivity contribution in [1.29, 1.82) is 0 Å². The molecule has 0 saturated carbocycles. The highest BCUT2D eigenvalue weighted by atomic mass is 19.4. The Morgan fingerprint density at radius 1 is 1.14 bits per heavy atom. The van der Waals surface area contributed by atoms with Gasteiger partial charge in [0.15, 0.2) is 0 Å². The van der Waals surface area contributed by atoms with Gasteiger partial charge in [-0.25, -0.2) is 4.79 Å². The van der Waals surface area contributed by atoms with Crippen LogP contribution in [0.1, 0.15) is 5.76 Å². The second-order valence-corrected chi connectivity index (χ2v) is 4.23. The van der Waals surface area contributed by atoms with Gasteiger partial charge in [-0.05, 0) is 24.3 Å². The first-order valence-corrected chi connectivity index (χ1v) is 6.05. The van der Waals surface area contributed by atoms with E-state index in [1.54, 1.807) is 18.2 Å². The van der Waals surface area contributed by atoms with E-state index < -0.39 is 18.8 Å². The number of halogens is 3. The third-order valence-corrected chi connectivity index (χ3v) is 2.50. The number of nitrogens with zero attached hydrogens (tertiary/aromatic N) is 1. The van der Waals surface area contributed by atoms with Crippen molar-refractivity contribution in [2.24, 2.45) is 0 Å². The first-order chi connectivity index (χ1) is 9.94. The van der Waals surface area contributed by atoms with Gasteiger partial charge < -0.3 is 9.15 Å². The fourth-order valence-corrected chi connectivity index (χ4v) is 1.65. The molecule has 0 saturated heterocycles. The minimum Gasteiger partial charge on any atom is -0.467 e. The smallest absolute Gasteiger partial charge is 0.415 e. The van der Waals surface area contributed by atoms with Gasteiger partial charge in [0.2, 0.25) is 0 Å². The summed E-state index contributed by atoms with van der Waals surface area (Å²) >= 11 is 0. The molecule has 0 aliphatic rings. The number of para-hydroxylation sites is 1. The molecule has 21 heavy (non-hydrogen) atoms. The van der Waals surface area contributed by atoms with Gasteiger partial charge in [0.05, 0.1) is 12.8 Å². The number of furan rings is 1. The molecule has 0 radical (unpaired) electrons. The molecule has 2 rings (SSSR count). The molecule has 0 atom stereocenters. The van der Waals surface area contributed by atoms with E-state index in [0.29, 0.717) is 4.90 Å². The number of hydrogen-bond acceptors (Lipinski definition) is 3. The highest BCUT2D eigenvalue weighted by molar-refractivity contribution is 5.70. The van der Waals surface area contributed by atoms with Gasteiger partial charge in [0.1, 0.15) is 18.1 Å². The summed E-state index contributed by atoms with van der Waals surface area (Å²) in [4.78, 5) is 12.4. The van der Waals surface area contributed by atoms with Crippen LogP contribution in [0.2, 0.25) is 0 Å². The molecular weight excluding hydrogens is 287 g/mol. The monoisotopic (exact) mass is 299 g/mol. The van der Waals surface area contributed by atoms with E-state index in [2.05, 4.69) is 0 Å². The van der Waals surface area contributed by atoms with Crippen LogP contribution in [-0.4, -0.2) is 23.7 Å². The lowest BCUT2D eigenvalue weighted by Gasteiger charge is -2.22. The summed E-state index contributed by atoms with van der Waals surface area (Å²) < 4.78 is 47.5. The highest BCUT2D eigenvalue weighted by Crippen LogP contribution is 2.20. The first-order valence-electron chi connectivity index (χ1n) is 6.05. The molecule has 0 N–H and O–H groups in total.